The van der Waals surface area contributed by atoms with Gasteiger partial charge in [0.05, 0.1) is 26.9 Å². The molecule has 1 aliphatic rings. The molecule has 0 saturated heterocycles. The van der Waals surface area contributed by atoms with Crippen molar-refractivity contribution in [2.45, 2.75) is 5.92 Å². The minimum atomic E-state index is -0.561. The second-order valence-corrected chi connectivity index (χ2v) is 6.20. The summed E-state index contributed by atoms with van der Waals surface area (Å²) < 4.78 is 21.3. The van der Waals surface area contributed by atoms with Crippen molar-refractivity contribution in [1.29, 1.82) is 0 Å². The lowest BCUT2D eigenvalue weighted by Gasteiger charge is -2.21. The highest BCUT2D eigenvalue weighted by atomic mass is 16.5. The first-order valence-electron chi connectivity index (χ1n) is 8.70. The number of hydrogen-bond acceptors (Lipinski definition) is 7. The van der Waals surface area contributed by atoms with E-state index >= 15 is 0 Å². The van der Waals surface area contributed by atoms with E-state index < -0.39 is 11.9 Å². The SMILES string of the molecule is CNc1ccc([C@@H](C2=C(O)COC2=O)c2cc(OC)c(OC)c(OC)c2)cc1. The van der Waals surface area contributed by atoms with Crippen LogP contribution in [0, 0.1) is 0 Å². The summed E-state index contributed by atoms with van der Waals surface area (Å²) in [5.74, 6) is 0.176. The summed E-state index contributed by atoms with van der Waals surface area (Å²) in [6, 6.07) is 11.1. The lowest BCUT2D eigenvalue weighted by molar-refractivity contribution is -0.136. The van der Waals surface area contributed by atoms with Crippen LogP contribution in [0.5, 0.6) is 17.2 Å². The smallest absolute Gasteiger partial charge is 0.338 e. The van der Waals surface area contributed by atoms with E-state index in [0.717, 1.165) is 11.3 Å². The maximum atomic E-state index is 12.4. The van der Waals surface area contributed by atoms with Crippen molar-refractivity contribution in [2.24, 2.45) is 0 Å². The number of benzene rings is 2. The van der Waals surface area contributed by atoms with Gasteiger partial charge in [0.2, 0.25) is 5.75 Å². The van der Waals surface area contributed by atoms with E-state index in [9.17, 15) is 9.90 Å². The van der Waals surface area contributed by atoms with Crippen molar-refractivity contribution in [1.82, 2.24) is 0 Å². The van der Waals surface area contributed by atoms with Gasteiger partial charge in [0.15, 0.2) is 11.5 Å². The largest absolute Gasteiger partial charge is 0.508 e. The van der Waals surface area contributed by atoms with E-state index in [1.54, 1.807) is 12.1 Å². The summed E-state index contributed by atoms with van der Waals surface area (Å²) in [5.41, 5.74) is 2.65. The zero-order valence-corrected chi connectivity index (χ0v) is 16.2. The van der Waals surface area contributed by atoms with Gasteiger partial charge < -0.3 is 29.4 Å². The van der Waals surface area contributed by atoms with Crippen LogP contribution in [-0.4, -0.2) is 46.1 Å². The molecule has 0 aromatic heterocycles. The van der Waals surface area contributed by atoms with Crippen LogP contribution in [0.2, 0.25) is 0 Å². The first-order chi connectivity index (χ1) is 13.5. The molecule has 7 nitrogen and oxygen atoms in total. The lowest BCUT2D eigenvalue weighted by atomic mass is 9.84. The van der Waals surface area contributed by atoms with Gasteiger partial charge in [-0.05, 0) is 35.4 Å². The maximum absolute atomic E-state index is 12.4. The Morgan fingerprint density at radius 1 is 1.00 bits per heavy atom. The van der Waals surface area contributed by atoms with Gasteiger partial charge in [-0.25, -0.2) is 4.79 Å². The number of aliphatic hydroxyl groups is 1. The zero-order valence-electron chi connectivity index (χ0n) is 16.2. The van der Waals surface area contributed by atoms with E-state index in [4.69, 9.17) is 18.9 Å². The van der Waals surface area contributed by atoms with Crippen molar-refractivity contribution in [3.05, 3.63) is 58.9 Å². The second kappa shape index (κ2) is 8.12. The summed E-state index contributed by atoms with van der Waals surface area (Å²) in [6.07, 6.45) is 0. The molecule has 148 valence electrons. The van der Waals surface area contributed by atoms with Gasteiger partial charge in [0.1, 0.15) is 12.4 Å². The highest BCUT2D eigenvalue weighted by Crippen LogP contribution is 2.44. The number of rotatable bonds is 7. The third-order valence-electron chi connectivity index (χ3n) is 4.71. The van der Waals surface area contributed by atoms with Crippen LogP contribution >= 0.6 is 0 Å². The van der Waals surface area contributed by atoms with Crippen molar-refractivity contribution >= 4 is 11.7 Å². The quantitative estimate of drug-likeness (QED) is 0.708. The molecule has 0 saturated carbocycles. The minimum Gasteiger partial charge on any atom is -0.508 e. The van der Waals surface area contributed by atoms with Gasteiger partial charge in [0, 0.05) is 18.7 Å². The van der Waals surface area contributed by atoms with Gasteiger partial charge in [-0.1, -0.05) is 12.1 Å². The van der Waals surface area contributed by atoms with Crippen molar-refractivity contribution in [2.75, 3.05) is 40.3 Å². The fourth-order valence-corrected chi connectivity index (χ4v) is 3.33. The number of esters is 1. The van der Waals surface area contributed by atoms with Crippen LogP contribution in [0.25, 0.3) is 0 Å². The van der Waals surface area contributed by atoms with Gasteiger partial charge >= 0.3 is 5.97 Å². The Kier molecular flexibility index (Phi) is 5.63. The van der Waals surface area contributed by atoms with Gasteiger partial charge in [-0.15, -0.1) is 0 Å². The normalized spacial score (nSPS) is 14.5. The fourth-order valence-electron chi connectivity index (χ4n) is 3.33. The van der Waals surface area contributed by atoms with E-state index in [1.807, 2.05) is 31.3 Å². The first kappa shape index (κ1) is 19.4. The van der Waals surface area contributed by atoms with E-state index in [2.05, 4.69) is 5.32 Å². The molecule has 0 fully saturated rings. The standard InChI is InChI=1S/C21H23NO6/c1-22-14-7-5-12(6-8-14)18(19-15(23)11-28-21(19)24)13-9-16(25-2)20(27-4)17(10-13)26-3/h5-10,18,22-23H,11H2,1-4H3/t18-/m1/s1. The van der Waals surface area contributed by atoms with Crippen LogP contribution in [0.4, 0.5) is 5.69 Å². The molecule has 2 aromatic rings. The Morgan fingerprint density at radius 3 is 2.04 bits per heavy atom. The highest BCUT2D eigenvalue weighted by Gasteiger charge is 2.35. The summed E-state index contributed by atoms with van der Waals surface area (Å²) in [7, 11) is 6.40. The summed E-state index contributed by atoms with van der Waals surface area (Å²) in [5, 5.41) is 13.4. The Hall–Kier alpha value is -3.35. The van der Waals surface area contributed by atoms with Crippen LogP contribution in [0.15, 0.2) is 47.7 Å². The number of cyclic esters (lactones) is 1. The van der Waals surface area contributed by atoms with Gasteiger partial charge in [-0.3, -0.25) is 0 Å². The molecular formula is C21H23NO6. The Balaban J connectivity index is 2.22. The van der Waals surface area contributed by atoms with Crippen LogP contribution in [0.3, 0.4) is 0 Å². The van der Waals surface area contributed by atoms with Crippen LogP contribution < -0.4 is 19.5 Å². The molecule has 3 rings (SSSR count). The van der Waals surface area contributed by atoms with E-state index in [0.29, 0.717) is 22.8 Å². The molecule has 0 aliphatic carbocycles. The predicted octanol–water partition coefficient (Wildman–Crippen LogP) is 3.25. The Morgan fingerprint density at radius 2 is 1.61 bits per heavy atom. The van der Waals surface area contributed by atoms with Crippen molar-refractivity contribution < 1.29 is 28.8 Å². The van der Waals surface area contributed by atoms with Crippen LogP contribution in [-0.2, 0) is 9.53 Å². The number of ether oxygens (including phenoxy) is 4. The highest BCUT2D eigenvalue weighted by molar-refractivity contribution is 5.94. The maximum Gasteiger partial charge on any atom is 0.338 e. The Bertz CT molecular complexity index is 879. The monoisotopic (exact) mass is 385 g/mol. The van der Waals surface area contributed by atoms with Crippen molar-refractivity contribution in [3.8, 4) is 17.2 Å². The average molecular weight is 385 g/mol. The van der Waals surface area contributed by atoms with E-state index in [1.165, 1.54) is 21.3 Å². The number of methoxy groups -OCH3 is 3. The third-order valence-corrected chi connectivity index (χ3v) is 4.71. The molecule has 1 aliphatic heterocycles. The number of carbonyl (C=O) groups excluding carboxylic acids is 1. The molecule has 0 spiro atoms. The third kappa shape index (κ3) is 3.43. The second-order valence-electron chi connectivity index (χ2n) is 6.20. The molecule has 1 heterocycles. The molecule has 0 bridgehead atoms. The van der Waals surface area contributed by atoms with E-state index in [-0.39, 0.29) is 17.9 Å². The number of carbonyl (C=O) groups is 1. The first-order valence-corrected chi connectivity index (χ1v) is 8.70. The molecule has 0 unspecified atom stereocenters. The molecule has 2 aromatic carbocycles. The number of anilines is 1. The average Bonchev–Trinajstić information content (AvgIpc) is 3.06. The number of hydrogen-bond donors (Lipinski definition) is 2. The molecule has 0 radical (unpaired) electrons. The van der Waals surface area contributed by atoms with Gasteiger partial charge in [-0.2, -0.15) is 0 Å². The van der Waals surface area contributed by atoms with Gasteiger partial charge in [0.25, 0.3) is 0 Å². The summed E-state index contributed by atoms with van der Waals surface area (Å²) in [6.45, 7) is -0.135. The minimum absolute atomic E-state index is 0.0820. The Labute approximate surface area is 163 Å². The zero-order chi connectivity index (χ0) is 20.3. The lowest BCUT2D eigenvalue weighted by Crippen LogP contribution is -2.13. The molecule has 2 N–H and O–H groups in total. The molecule has 0 amide bonds. The topological polar surface area (TPSA) is 86.2 Å². The number of aliphatic hydroxyl groups excluding tert-OH is 1. The molecule has 7 heteroatoms. The summed E-state index contributed by atoms with van der Waals surface area (Å²) in [4.78, 5) is 12.4. The summed E-state index contributed by atoms with van der Waals surface area (Å²) >= 11 is 0. The molecule has 1 atom stereocenters. The molecule has 28 heavy (non-hydrogen) atoms. The van der Waals surface area contributed by atoms with Crippen molar-refractivity contribution in [3.63, 3.8) is 0 Å². The fraction of sp³-hybridized carbons (Fsp3) is 0.286. The predicted molar refractivity (Wildman–Crippen MR) is 105 cm³/mol. The van der Waals surface area contributed by atoms with Crippen LogP contribution in [0.1, 0.15) is 17.0 Å². The number of nitrogens with one attached hydrogen (secondary N) is 1. The molecular weight excluding hydrogens is 362 g/mol.